The number of ether oxygens (including phenoxy) is 2. The number of aliphatic hydroxyl groups is 6. The molecule has 0 unspecified atom stereocenters. The molecule has 0 radical (unpaired) electrons. The molecule has 8 heteroatoms. The first kappa shape index (κ1) is 31.6. The second-order valence-electron chi connectivity index (χ2n) is 14.8. The van der Waals surface area contributed by atoms with Gasteiger partial charge in [-0.25, -0.2) is 0 Å². The summed E-state index contributed by atoms with van der Waals surface area (Å²) in [5.41, 5.74) is 1.89. The molecule has 5 aliphatic rings. The first-order valence-corrected chi connectivity index (χ1v) is 15.9. The van der Waals surface area contributed by atoms with Crippen molar-refractivity contribution in [3.05, 3.63) is 23.3 Å². The van der Waals surface area contributed by atoms with Crippen molar-refractivity contribution in [2.45, 2.75) is 142 Å². The molecule has 234 valence electrons. The monoisotopic (exact) mass is 578 g/mol. The van der Waals surface area contributed by atoms with Gasteiger partial charge >= 0.3 is 0 Å². The van der Waals surface area contributed by atoms with Crippen LogP contribution in [0.4, 0.5) is 0 Å². The fraction of sp³-hybridized carbons (Fsp3) is 0.879. The van der Waals surface area contributed by atoms with Crippen LogP contribution in [-0.2, 0) is 9.47 Å². The van der Waals surface area contributed by atoms with Crippen LogP contribution in [0.5, 0.6) is 0 Å². The van der Waals surface area contributed by atoms with Crippen LogP contribution >= 0.6 is 0 Å². The van der Waals surface area contributed by atoms with Crippen molar-refractivity contribution in [1.29, 1.82) is 0 Å². The highest BCUT2D eigenvalue weighted by Crippen LogP contribution is 2.67. The molecule has 0 aromatic rings. The third-order valence-corrected chi connectivity index (χ3v) is 12.3. The van der Waals surface area contributed by atoms with E-state index in [0.29, 0.717) is 31.1 Å². The number of fused-ring (bicyclic) bond motifs is 5. The van der Waals surface area contributed by atoms with Crippen LogP contribution in [0, 0.1) is 40.4 Å². The van der Waals surface area contributed by atoms with Gasteiger partial charge in [0.2, 0.25) is 0 Å². The summed E-state index contributed by atoms with van der Waals surface area (Å²) in [4.78, 5) is 0. The van der Waals surface area contributed by atoms with Crippen molar-refractivity contribution in [3.8, 4) is 0 Å². The Morgan fingerprint density at radius 2 is 1.78 bits per heavy atom. The molecule has 0 bridgehead atoms. The molecule has 3 saturated carbocycles. The van der Waals surface area contributed by atoms with E-state index in [-0.39, 0.29) is 23.2 Å². The first-order chi connectivity index (χ1) is 19.2. The van der Waals surface area contributed by atoms with Crippen LogP contribution in [0.3, 0.4) is 0 Å². The van der Waals surface area contributed by atoms with Crippen LogP contribution in [0.25, 0.3) is 0 Å². The van der Waals surface area contributed by atoms with Crippen LogP contribution in [0.1, 0.15) is 86.5 Å². The summed E-state index contributed by atoms with van der Waals surface area (Å²) in [5.74, 6) is 0.896. The standard InChI is InChI=1S/C33H54O8/c1-16(2)7-10-24(35)17(3)27-25(36)15-23-21-9-8-19-13-20(34)14-26(33(19,6)22(21)11-12-32(23,27)5)41-31-30(39)29(38)28(37)18(4)40-31/h7-8,17-18,20-31,34-39H,9-15H2,1-6H3/t17-,18+,20-,21-,22+,23+,24+,25+,26-,27+,28+,29-,30-,31+,32+,33+/m1/s1. The molecule has 1 saturated heterocycles. The van der Waals surface area contributed by atoms with Gasteiger partial charge in [0.1, 0.15) is 18.3 Å². The Labute approximate surface area is 245 Å². The van der Waals surface area contributed by atoms with Gasteiger partial charge in [0.15, 0.2) is 6.29 Å². The van der Waals surface area contributed by atoms with Gasteiger partial charge in [-0.1, -0.05) is 44.1 Å². The number of hydrogen-bond donors (Lipinski definition) is 6. The van der Waals surface area contributed by atoms with Crippen LogP contribution in [-0.4, -0.2) is 85.8 Å². The third-order valence-electron chi connectivity index (χ3n) is 12.3. The highest BCUT2D eigenvalue weighted by molar-refractivity contribution is 5.28. The van der Waals surface area contributed by atoms with Gasteiger partial charge in [0.25, 0.3) is 0 Å². The number of rotatable bonds is 6. The summed E-state index contributed by atoms with van der Waals surface area (Å²) in [6.45, 7) is 12.4. The van der Waals surface area contributed by atoms with Crippen molar-refractivity contribution >= 4 is 0 Å². The van der Waals surface area contributed by atoms with E-state index in [0.717, 1.165) is 25.7 Å². The van der Waals surface area contributed by atoms with Crippen molar-refractivity contribution in [2.24, 2.45) is 40.4 Å². The Bertz CT molecular complexity index is 1010. The lowest BCUT2D eigenvalue weighted by molar-refractivity contribution is -0.318. The second-order valence-corrected chi connectivity index (χ2v) is 14.8. The summed E-state index contributed by atoms with van der Waals surface area (Å²) in [6.07, 6.45) is 1.75. The lowest BCUT2D eigenvalue weighted by Gasteiger charge is -2.60. The maximum absolute atomic E-state index is 11.5. The molecule has 8 nitrogen and oxygen atoms in total. The highest BCUT2D eigenvalue weighted by Gasteiger charge is 2.64. The second kappa shape index (κ2) is 11.6. The van der Waals surface area contributed by atoms with Gasteiger partial charge in [-0.05, 0) is 94.3 Å². The fourth-order valence-electron chi connectivity index (χ4n) is 9.97. The smallest absolute Gasteiger partial charge is 0.186 e. The lowest BCUT2D eigenvalue weighted by atomic mass is 9.46. The van der Waals surface area contributed by atoms with Gasteiger partial charge < -0.3 is 40.1 Å². The summed E-state index contributed by atoms with van der Waals surface area (Å²) in [7, 11) is 0. The van der Waals surface area contributed by atoms with E-state index in [2.05, 4.69) is 32.9 Å². The molecule has 16 atom stereocenters. The van der Waals surface area contributed by atoms with E-state index in [1.165, 1.54) is 11.1 Å². The molecule has 1 aliphatic heterocycles. The molecule has 6 N–H and O–H groups in total. The molecule has 41 heavy (non-hydrogen) atoms. The van der Waals surface area contributed by atoms with Gasteiger partial charge in [-0.3, -0.25) is 0 Å². The highest BCUT2D eigenvalue weighted by atomic mass is 16.7. The summed E-state index contributed by atoms with van der Waals surface area (Å²) < 4.78 is 12.3. The minimum absolute atomic E-state index is 0.0209. The van der Waals surface area contributed by atoms with E-state index < -0.39 is 60.5 Å². The zero-order valence-corrected chi connectivity index (χ0v) is 25.7. The third kappa shape index (κ3) is 5.28. The minimum atomic E-state index is -1.39. The number of aliphatic hydroxyl groups excluding tert-OH is 6. The molecule has 4 aliphatic carbocycles. The Morgan fingerprint density at radius 3 is 2.46 bits per heavy atom. The van der Waals surface area contributed by atoms with Crippen molar-refractivity contribution in [1.82, 2.24) is 0 Å². The molecule has 0 amide bonds. The molecule has 0 aromatic heterocycles. The maximum Gasteiger partial charge on any atom is 0.186 e. The van der Waals surface area contributed by atoms with E-state index in [1.807, 2.05) is 13.8 Å². The number of allylic oxidation sites excluding steroid dienone is 2. The van der Waals surface area contributed by atoms with E-state index >= 15 is 0 Å². The predicted octanol–water partition coefficient (Wildman–Crippen LogP) is 3.07. The molecule has 0 aromatic carbocycles. The van der Waals surface area contributed by atoms with E-state index in [9.17, 15) is 30.6 Å². The average molecular weight is 579 g/mol. The Balaban J connectivity index is 1.41. The van der Waals surface area contributed by atoms with E-state index in [1.54, 1.807) is 6.92 Å². The zero-order chi connectivity index (χ0) is 30.0. The molecule has 5 rings (SSSR count). The Hall–Kier alpha value is -0.840. The van der Waals surface area contributed by atoms with Gasteiger partial charge in [-0.2, -0.15) is 0 Å². The normalized spacial score (nSPS) is 51.1. The van der Waals surface area contributed by atoms with Gasteiger partial charge in [0, 0.05) is 11.8 Å². The SMILES string of the molecule is CC(C)=CC[C@H](O)[C@@H](C)[C@H]1[C@@H](O)C[C@H]2[C@@H]3CC=C4C[C@@H](O)C[C@@H](O[C@@H]5O[C@@H](C)[C@H](O)[C@@H](O)[C@H]5O)[C@]4(C)[C@H]3CC[C@]12C. The molecular weight excluding hydrogens is 524 g/mol. The molecular formula is C33H54O8. The average Bonchev–Trinajstić information content (AvgIpc) is 3.19. The quantitative estimate of drug-likeness (QED) is 0.264. The van der Waals surface area contributed by atoms with Crippen LogP contribution < -0.4 is 0 Å². The predicted molar refractivity (Wildman–Crippen MR) is 154 cm³/mol. The minimum Gasteiger partial charge on any atom is -0.393 e. The Morgan fingerprint density at radius 1 is 1.07 bits per heavy atom. The number of hydrogen-bond acceptors (Lipinski definition) is 8. The summed E-state index contributed by atoms with van der Waals surface area (Å²) in [5, 5.41) is 64.7. The first-order valence-electron chi connectivity index (χ1n) is 15.9. The molecule has 0 spiro atoms. The molecule has 4 fully saturated rings. The zero-order valence-electron chi connectivity index (χ0n) is 25.7. The van der Waals surface area contributed by atoms with Crippen molar-refractivity contribution in [2.75, 3.05) is 0 Å². The topological polar surface area (TPSA) is 140 Å². The van der Waals surface area contributed by atoms with Crippen LogP contribution in [0.2, 0.25) is 0 Å². The molecule has 1 heterocycles. The Kier molecular flexibility index (Phi) is 8.92. The maximum atomic E-state index is 11.5. The van der Waals surface area contributed by atoms with Crippen molar-refractivity contribution in [3.63, 3.8) is 0 Å². The van der Waals surface area contributed by atoms with Crippen molar-refractivity contribution < 1.29 is 40.1 Å². The summed E-state index contributed by atoms with van der Waals surface area (Å²) >= 11 is 0. The van der Waals surface area contributed by atoms with E-state index in [4.69, 9.17) is 9.47 Å². The fourth-order valence-corrected chi connectivity index (χ4v) is 9.97. The van der Waals surface area contributed by atoms with Gasteiger partial charge in [-0.15, -0.1) is 0 Å². The lowest BCUT2D eigenvalue weighted by Crippen LogP contribution is -2.61. The largest absolute Gasteiger partial charge is 0.393 e. The summed E-state index contributed by atoms with van der Waals surface area (Å²) in [6, 6.07) is 0. The van der Waals surface area contributed by atoms with Crippen LogP contribution in [0.15, 0.2) is 23.3 Å². The van der Waals surface area contributed by atoms with Gasteiger partial charge in [0.05, 0.1) is 30.5 Å².